The Hall–Kier alpha value is -0.240. The Morgan fingerprint density at radius 2 is 2.08 bits per heavy atom. The smallest absolute Gasteiger partial charge is 0.240 e. The number of halogens is 1. The van der Waals surface area contributed by atoms with Gasteiger partial charge in [0.25, 0.3) is 0 Å². The average Bonchev–Trinajstić information content (AvgIpc) is 2.08. The largest absolute Gasteiger partial charge is 0.341 e. The summed E-state index contributed by atoms with van der Waals surface area (Å²) < 4.78 is 0. The van der Waals surface area contributed by atoms with E-state index >= 15 is 0 Å². The van der Waals surface area contributed by atoms with Gasteiger partial charge in [0, 0.05) is 13.1 Å². The van der Waals surface area contributed by atoms with Gasteiger partial charge >= 0.3 is 0 Å². The normalized spacial score (nSPS) is 31.5. The SMILES string of the molecule is CC(Cl)C(=O)N1CCC(C)C(C)C1. The molecule has 1 rings (SSSR count). The van der Waals surface area contributed by atoms with Gasteiger partial charge in [0.05, 0.1) is 0 Å². The highest BCUT2D eigenvalue weighted by Gasteiger charge is 2.27. The molecule has 0 aliphatic carbocycles. The lowest BCUT2D eigenvalue weighted by Crippen LogP contribution is -2.44. The highest BCUT2D eigenvalue weighted by Crippen LogP contribution is 2.23. The van der Waals surface area contributed by atoms with E-state index in [1.54, 1.807) is 6.92 Å². The van der Waals surface area contributed by atoms with Crippen LogP contribution in [0.15, 0.2) is 0 Å². The number of likely N-dealkylation sites (tertiary alicyclic amines) is 1. The molecule has 2 nitrogen and oxygen atoms in total. The number of hydrogen-bond acceptors (Lipinski definition) is 1. The summed E-state index contributed by atoms with van der Waals surface area (Å²) in [5.74, 6) is 1.42. The van der Waals surface area contributed by atoms with Crippen molar-refractivity contribution in [2.45, 2.75) is 32.6 Å². The Labute approximate surface area is 85.2 Å². The van der Waals surface area contributed by atoms with Crippen LogP contribution < -0.4 is 0 Å². The van der Waals surface area contributed by atoms with E-state index in [-0.39, 0.29) is 11.3 Å². The maximum Gasteiger partial charge on any atom is 0.240 e. The summed E-state index contributed by atoms with van der Waals surface area (Å²) in [6.07, 6.45) is 1.11. The summed E-state index contributed by atoms with van der Waals surface area (Å²) in [5.41, 5.74) is 0. The molecule has 0 aromatic rings. The number of carbonyl (C=O) groups is 1. The number of alkyl halides is 1. The van der Waals surface area contributed by atoms with Crippen molar-refractivity contribution in [2.75, 3.05) is 13.1 Å². The van der Waals surface area contributed by atoms with Crippen LogP contribution in [-0.2, 0) is 4.79 Å². The molecule has 1 heterocycles. The fourth-order valence-electron chi connectivity index (χ4n) is 1.71. The van der Waals surface area contributed by atoms with Gasteiger partial charge in [0.2, 0.25) is 5.91 Å². The zero-order valence-electron chi connectivity index (χ0n) is 8.59. The number of piperidine rings is 1. The Bertz CT molecular complexity index is 193. The van der Waals surface area contributed by atoms with Gasteiger partial charge in [-0.1, -0.05) is 13.8 Å². The van der Waals surface area contributed by atoms with Crippen molar-refractivity contribution < 1.29 is 4.79 Å². The van der Waals surface area contributed by atoms with Gasteiger partial charge in [-0.15, -0.1) is 11.6 Å². The number of rotatable bonds is 1. The van der Waals surface area contributed by atoms with Gasteiger partial charge in [0.15, 0.2) is 0 Å². The van der Waals surface area contributed by atoms with E-state index in [0.29, 0.717) is 5.92 Å². The van der Waals surface area contributed by atoms with Crippen molar-refractivity contribution in [1.82, 2.24) is 4.90 Å². The molecule has 3 unspecified atom stereocenters. The number of nitrogens with zero attached hydrogens (tertiary/aromatic N) is 1. The molecule has 1 aliphatic rings. The van der Waals surface area contributed by atoms with E-state index in [9.17, 15) is 4.79 Å². The third-order valence-electron chi connectivity index (χ3n) is 2.99. The molecule has 1 amide bonds. The van der Waals surface area contributed by atoms with Gasteiger partial charge in [-0.05, 0) is 25.2 Å². The molecule has 0 spiro atoms. The van der Waals surface area contributed by atoms with Gasteiger partial charge in [0.1, 0.15) is 5.38 Å². The lowest BCUT2D eigenvalue weighted by Gasteiger charge is -2.35. The van der Waals surface area contributed by atoms with Crippen molar-refractivity contribution in [2.24, 2.45) is 11.8 Å². The Morgan fingerprint density at radius 1 is 1.46 bits per heavy atom. The zero-order valence-corrected chi connectivity index (χ0v) is 9.34. The lowest BCUT2D eigenvalue weighted by atomic mass is 9.88. The van der Waals surface area contributed by atoms with E-state index in [4.69, 9.17) is 11.6 Å². The summed E-state index contributed by atoms with van der Waals surface area (Å²) >= 11 is 5.75. The number of amides is 1. The Kier molecular flexibility index (Phi) is 3.60. The quantitative estimate of drug-likeness (QED) is 0.598. The Balaban J connectivity index is 2.50. The van der Waals surface area contributed by atoms with Crippen LogP contribution in [0.5, 0.6) is 0 Å². The van der Waals surface area contributed by atoms with Crippen molar-refractivity contribution in [3.8, 4) is 0 Å². The highest BCUT2D eigenvalue weighted by molar-refractivity contribution is 6.30. The van der Waals surface area contributed by atoms with Gasteiger partial charge in [-0.3, -0.25) is 4.79 Å². The van der Waals surface area contributed by atoms with E-state index in [1.165, 1.54) is 0 Å². The van der Waals surface area contributed by atoms with Crippen LogP contribution in [0.3, 0.4) is 0 Å². The molecular formula is C10H18ClNO. The third-order valence-corrected chi connectivity index (χ3v) is 3.17. The number of hydrogen-bond donors (Lipinski definition) is 0. The predicted octanol–water partition coefficient (Wildman–Crippen LogP) is 2.12. The summed E-state index contributed by atoms with van der Waals surface area (Å²) in [6, 6.07) is 0. The van der Waals surface area contributed by atoms with Crippen LogP contribution in [-0.4, -0.2) is 29.3 Å². The van der Waals surface area contributed by atoms with Crippen molar-refractivity contribution in [3.63, 3.8) is 0 Å². The van der Waals surface area contributed by atoms with Crippen LogP contribution >= 0.6 is 11.6 Å². The van der Waals surface area contributed by atoms with Gasteiger partial charge in [-0.2, -0.15) is 0 Å². The van der Waals surface area contributed by atoms with Crippen LogP contribution in [0.1, 0.15) is 27.2 Å². The molecule has 3 atom stereocenters. The first-order valence-corrected chi connectivity index (χ1v) is 5.39. The third kappa shape index (κ3) is 2.60. The summed E-state index contributed by atoms with van der Waals surface area (Å²) in [4.78, 5) is 13.4. The molecule has 3 heteroatoms. The second kappa shape index (κ2) is 4.32. The monoisotopic (exact) mass is 203 g/mol. The Morgan fingerprint density at radius 3 is 2.54 bits per heavy atom. The van der Waals surface area contributed by atoms with Crippen molar-refractivity contribution >= 4 is 17.5 Å². The van der Waals surface area contributed by atoms with Crippen LogP contribution in [0.4, 0.5) is 0 Å². The second-order valence-electron chi connectivity index (χ2n) is 4.14. The molecule has 0 N–H and O–H groups in total. The molecule has 1 saturated heterocycles. The minimum Gasteiger partial charge on any atom is -0.341 e. The first-order valence-electron chi connectivity index (χ1n) is 4.95. The molecular weight excluding hydrogens is 186 g/mol. The molecule has 0 aromatic carbocycles. The molecule has 0 saturated carbocycles. The molecule has 1 fully saturated rings. The topological polar surface area (TPSA) is 20.3 Å². The summed E-state index contributed by atoms with van der Waals surface area (Å²) in [7, 11) is 0. The minimum atomic E-state index is -0.374. The summed E-state index contributed by atoms with van der Waals surface area (Å²) in [6.45, 7) is 7.94. The lowest BCUT2D eigenvalue weighted by molar-refractivity contribution is -0.132. The van der Waals surface area contributed by atoms with Gasteiger partial charge < -0.3 is 4.90 Å². The number of carbonyl (C=O) groups excluding carboxylic acids is 1. The maximum atomic E-state index is 11.5. The maximum absolute atomic E-state index is 11.5. The molecule has 13 heavy (non-hydrogen) atoms. The second-order valence-corrected chi connectivity index (χ2v) is 4.80. The molecule has 76 valence electrons. The highest BCUT2D eigenvalue weighted by atomic mass is 35.5. The van der Waals surface area contributed by atoms with E-state index in [2.05, 4.69) is 13.8 Å². The molecule has 0 aromatic heterocycles. The molecule has 0 bridgehead atoms. The minimum absolute atomic E-state index is 0.0837. The predicted molar refractivity (Wildman–Crippen MR) is 54.8 cm³/mol. The van der Waals surface area contributed by atoms with E-state index < -0.39 is 0 Å². The zero-order chi connectivity index (χ0) is 10.0. The van der Waals surface area contributed by atoms with Crippen LogP contribution in [0, 0.1) is 11.8 Å². The fourth-order valence-corrected chi connectivity index (χ4v) is 1.85. The average molecular weight is 204 g/mol. The fraction of sp³-hybridized carbons (Fsp3) is 0.900. The van der Waals surface area contributed by atoms with Crippen molar-refractivity contribution in [3.05, 3.63) is 0 Å². The standard InChI is InChI=1S/C10H18ClNO/c1-7-4-5-12(6-8(7)2)10(13)9(3)11/h7-9H,4-6H2,1-3H3. The van der Waals surface area contributed by atoms with Crippen LogP contribution in [0.2, 0.25) is 0 Å². The van der Waals surface area contributed by atoms with E-state index in [0.717, 1.165) is 25.4 Å². The molecule has 1 aliphatic heterocycles. The van der Waals surface area contributed by atoms with Crippen molar-refractivity contribution in [1.29, 1.82) is 0 Å². The first kappa shape index (κ1) is 10.8. The summed E-state index contributed by atoms with van der Waals surface area (Å²) in [5, 5.41) is -0.374. The van der Waals surface area contributed by atoms with E-state index in [1.807, 2.05) is 4.90 Å². The molecule has 0 radical (unpaired) electrons. The first-order chi connectivity index (χ1) is 6.02. The van der Waals surface area contributed by atoms with Crippen LogP contribution in [0.25, 0.3) is 0 Å². The van der Waals surface area contributed by atoms with Gasteiger partial charge in [-0.25, -0.2) is 0 Å².